The zero-order valence-electron chi connectivity index (χ0n) is 41.8. The fourth-order valence-electron chi connectivity index (χ4n) is 10.2. The van der Waals surface area contributed by atoms with Crippen LogP contribution in [0.4, 0.5) is 0 Å². The Morgan fingerprint density at radius 2 is 0.942 bits per heavy atom. The summed E-state index contributed by atoms with van der Waals surface area (Å²) in [6.45, 7) is 0. The van der Waals surface area contributed by atoms with E-state index in [-0.39, 0.29) is 23.5 Å². The lowest BCUT2D eigenvalue weighted by Crippen LogP contribution is -2.01. The van der Waals surface area contributed by atoms with E-state index in [0.717, 1.165) is 97.4 Å². The summed E-state index contributed by atoms with van der Waals surface area (Å²) in [4.78, 5) is 15.3. The van der Waals surface area contributed by atoms with E-state index in [1.165, 1.54) is 0 Å². The molecule has 4 aromatic heterocycles. The van der Waals surface area contributed by atoms with Gasteiger partial charge in [0, 0.05) is 69.8 Å². The molecule has 0 N–H and O–H groups in total. The van der Waals surface area contributed by atoms with Gasteiger partial charge in [-0.05, 0) is 70.8 Å². The van der Waals surface area contributed by atoms with Crippen LogP contribution in [0.25, 0.3) is 132 Å². The molecule has 0 aliphatic rings. The number of fused-ring (bicyclic) bond motifs is 10. The number of nitrogens with zero attached hydrogens (tertiary/aromatic N) is 5. The standard InChI is InChI=1S/C63H39N5S/c1-5-19-40(20-6-1)43-25-17-26-44(37-43)47-31-18-32-50-52-38-46(39-53(60(52)69-59(47)50)63-65-61(41-21-7-2-8-22-41)64-62(66-63)42-23-9-3-10-24-42)68-54-33-15-13-29-48(54)49-35-36-56-57(58(49)68)51-30-14-16-34-55(51)67(56)45-27-11-4-12-28-45/h1-39H/i2D,7D,8D,21D,22D. The molecule has 14 aromatic rings. The average Bonchev–Trinajstić information content (AvgIpc) is 4.13. The Morgan fingerprint density at radius 3 is 1.72 bits per heavy atom. The number of para-hydroxylation sites is 3. The number of aromatic nitrogens is 5. The molecule has 0 saturated carbocycles. The fraction of sp³-hybridized carbons (Fsp3) is 0. The van der Waals surface area contributed by atoms with Gasteiger partial charge in [0.2, 0.25) is 0 Å². The molecular formula is C63H39N5S. The molecule has 14 rings (SSSR count). The third-order valence-electron chi connectivity index (χ3n) is 13.2. The summed E-state index contributed by atoms with van der Waals surface area (Å²) in [5.74, 6) is 0.595. The first-order valence-electron chi connectivity index (χ1n) is 25.4. The first kappa shape index (κ1) is 34.4. The molecule has 0 spiro atoms. The Morgan fingerprint density at radius 1 is 0.348 bits per heavy atom. The Hall–Kier alpha value is -8.97. The van der Waals surface area contributed by atoms with Gasteiger partial charge in [0.05, 0.1) is 28.9 Å². The van der Waals surface area contributed by atoms with Crippen molar-refractivity contribution in [1.82, 2.24) is 24.1 Å². The molecule has 0 fully saturated rings. The third kappa shape index (κ3) is 6.34. The van der Waals surface area contributed by atoms with Crippen LogP contribution in [0.5, 0.6) is 0 Å². The highest BCUT2D eigenvalue weighted by atomic mass is 32.1. The summed E-state index contributed by atoms with van der Waals surface area (Å²) in [6, 6.07) is 69.5. The van der Waals surface area contributed by atoms with E-state index in [2.05, 4.69) is 173 Å². The van der Waals surface area contributed by atoms with Crippen LogP contribution in [0, 0.1) is 0 Å². The number of thiophene rings is 1. The van der Waals surface area contributed by atoms with Gasteiger partial charge in [-0.1, -0.05) is 188 Å². The number of hydrogen-bond acceptors (Lipinski definition) is 4. The summed E-state index contributed by atoms with van der Waals surface area (Å²) >= 11 is 1.67. The van der Waals surface area contributed by atoms with Gasteiger partial charge in [-0.3, -0.25) is 0 Å². The molecular weight excluding hydrogens is 859 g/mol. The van der Waals surface area contributed by atoms with Crippen molar-refractivity contribution in [3.8, 4) is 67.8 Å². The van der Waals surface area contributed by atoms with E-state index in [9.17, 15) is 0 Å². The quantitative estimate of drug-likeness (QED) is 0.160. The molecule has 0 aliphatic heterocycles. The van der Waals surface area contributed by atoms with Crippen LogP contribution in [-0.2, 0) is 0 Å². The average molecular weight is 903 g/mol. The molecule has 4 heterocycles. The molecule has 10 aromatic carbocycles. The van der Waals surface area contributed by atoms with Gasteiger partial charge in [-0.2, -0.15) is 0 Å². The van der Waals surface area contributed by atoms with Crippen molar-refractivity contribution >= 4 is 75.1 Å². The fourth-order valence-corrected chi connectivity index (χ4v) is 11.5. The largest absolute Gasteiger partial charge is 0.309 e. The third-order valence-corrected chi connectivity index (χ3v) is 14.5. The first-order chi connectivity index (χ1) is 36.3. The zero-order valence-corrected chi connectivity index (χ0v) is 37.6. The van der Waals surface area contributed by atoms with Crippen molar-refractivity contribution in [3.05, 3.63) is 236 Å². The van der Waals surface area contributed by atoms with Crippen LogP contribution in [0.2, 0.25) is 0 Å². The van der Waals surface area contributed by atoms with Gasteiger partial charge < -0.3 is 9.13 Å². The highest BCUT2D eigenvalue weighted by Gasteiger charge is 2.24. The van der Waals surface area contributed by atoms with Gasteiger partial charge in [0.25, 0.3) is 0 Å². The van der Waals surface area contributed by atoms with Crippen molar-refractivity contribution in [2.75, 3.05) is 0 Å². The normalized spacial score (nSPS) is 12.8. The first-order valence-corrected chi connectivity index (χ1v) is 23.7. The smallest absolute Gasteiger partial charge is 0.165 e. The molecule has 0 bridgehead atoms. The van der Waals surface area contributed by atoms with Gasteiger partial charge >= 0.3 is 0 Å². The van der Waals surface area contributed by atoms with E-state index >= 15 is 0 Å². The van der Waals surface area contributed by atoms with Gasteiger partial charge in [-0.25, -0.2) is 15.0 Å². The minimum atomic E-state index is -0.488. The maximum Gasteiger partial charge on any atom is 0.165 e. The zero-order chi connectivity index (χ0) is 49.8. The SMILES string of the molecule is [2H]c1c([2H])c([2H])c(-c2nc(-c3ccccc3)nc(-c3cc(-n4c5ccccc5c5ccc6c(c7ccccc7n6-c6ccccc6)c54)cc4c3sc3c(-c5cccc(-c6ccccc6)c5)cccc34)n2)c([2H])c1[2H]. The van der Waals surface area contributed by atoms with E-state index < -0.39 is 18.1 Å². The molecule has 6 heteroatoms. The van der Waals surface area contributed by atoms with Crippen molar-refractivity contribution in [1.29, 1.82) is 0 Å². The molecule has 0 amide bonds. The molecule has 0 radical (unpaired) electrons. The number of benzene rings is 10. The summed E-state index contributed by atoms with van der Waals surface area (Å²) in [6.07, 6.45) is 0. The van der Waals surface area contributed by atoms with Crippen LogP contribution in [0.3, 0.4) is 0 Å². The molecule has 0 atom stereocenters. The Kier molecular flexibility index (Phi) is 7.89. The maximum absolute atomic E-state index is 9.09. The minimum Gasteiger partial charge on any atom is -0.309 e. The van der Waals surface area contributed by atoms with Crippen LogP contribution >= 0.6 is 11.3 Å². The molecule has 69 heavy (non-hydrogen) atoms. The second-order valence-corrected chi connectivity index (χ2v) is 18.2. The summed E-state index contributed by atoms with van der Waals surface area (Å²) in [7, 11) is 0. The molecule has 0 saturated heterocycles. The minimum absolute atomic E-state index is 0.0174. The van der Waals surface area contributed by atoms with Crippen LogP contribution in [-0.4, -0.2) is 24.1 Å². The number of rotatable bonds is 7. The summed E-state index contributed by atoms with van der Waals surface area (Å²) < 4.78 is 50.7. The van der Waals surface area contributed by atoms with Crippen LogP contribution in [0.15, 0.2) is 236 Å². The Labute approximate surface area is 408 Å². The second-order valence-electron chi connectivity index (χ2n) is 17.2. The second kappa shape index (κ2) is 15.8. The molecule has 5 nitrogen and oxygen atoms in total. The number of hydrogen-bond donors (Lipinski definition) is 0. The maximum atomic E-state index is 9.09. The van der Waals surface area contributed by atoms with Crippen molar-refractivity contribution < 1.29 is 6.85 Å². The molecule has 0 aliphatic carbocycles. The Balaban J connectivity index is 1.12. The van der Waals surface area contributed by atoms with Crippen molar-refractivity contribution in [2.45, 2.75) is 0 Å². The lowest BCUT2D eigenvalue weighted by molar-refractivity contribution is 1.07. The van der Waals surface area contributed by atoms with Gasteiger partial charge in [0.15, 0.2) is 17.5 Å². The summed E-state index contributed by atoms with van der Waals surface area (Å²) in [5.41, 5.74) is 11.9. The van der Waals surface area contributed by atoms with Crippen LogP contribution in [0.1, 0.15) is 6.85 Å². The van der Waals surface area contributed by atoms with Gasteiger partial charge in [-0.15, -0.1) is 11.3 Å². The molecule has 322 valence electrons. The predicted molar refractivity (Wildman–Crippen MR) is 289 cm³/mol. The Bertz CT molecular complexity index is 4580. The predicted octanol–water partition coefficient (Wildman–Crippen LogP) is 16.8. The van der Waals surface area contributed by atoms with Crippen molar-refractivity contribution in [3.63, 3.8) is 0 Å². The summed E-state index contributed by atoms with van der Waals surface area (Å²) in [5, 5.41) is 6.51. The molecule has 0 unspecified atom stereocenters. The lowest BCUT2D eigenvalue weighted by atomic mass is 9.97. The lowest BCUT2D eigenvalue weighted by Gasteiger charge is -2.14. The van der Waals surface area contributed by atoms with E-state index in [1.54, 1.807) is 11.3 Å². The van der Waals surface area contributed by atoms with Crippen LogP contribution < -0.4 is 0 Å². The highest BCUT2D eigenvalue weighted by molar-refractivity contribution is 7.26. The van der Waals surface area contributed by atoms with Crippen molar-refractivity contribution in [2.24, 2.45) is 0 Å². The topological polar surface area (TPSA) is 48.5 Å². The van der Waals surface area contributed by atoms with E-state index in [1.807, 2.05) is 42.5 Å². The monoisotopic (exact) mass is 902 g/mol. The van der Waals surface area contributed by atoms with E-state index in [4.69, 9.17) is 21.8 Å². The highest BCUT2D eigenvalue weighted by Crippen LogP contribution is 2.48. The van der Waals surface area contributed by atoms with E-state index in [0.29, 0.717) is 22.8 Å². The van der Waals surface area contributed by atoms with Gasteiger partial charge in [0.1, 0.15) is 0 Å².